The molecule has 0 saturated heterocycles. The Labute approximate surface area is 114 Å². The van der Waals surface area contributed by atoms with E-state index in [4.69, 9.17) is 4.74 Å². The van der Waals surface area contributed by atoms with E-state index in [0.717, 1.165) is 0 Å². The summed E-state index contributed by atoms with van der Waals surface area (Å²) in [7, 11) is 0. The van der Waals surface area contributed by atoms with Crippen molar-refractivity contribution < 1.29 is 4.74 Å². The van der Waals surface area contributed by atoms with Gasteiger partial charge in [-0.3, -0.25) is 0 Å². The van der Waals surface area contributed by atoms with Crippen LogP contribution in [0.2, 0.25) is 0 Å². The van der Waals surface area contributed by atoms with Crippen molar-refractivity contribution in [2.75, 3.05) is 6.61 Å². The van der Waals surface area contributed by atoms with E-state index in [-0.39, 0.29) is 5.60 Å². The number of ether oxygens (including phenoxy) is 1. The van der Waals surface area contributed by atoms with Gasteiger partial charge in [-0.15, -0.1) is 0 Å². The van der Waals surface area contributed by atoms with Crippen molar-refractivity contribution >= 4 is 0 Å². The van der Waals surface area contributed by atoms with E-state index >= 15 is 0 Å². The van der Waals surface area contributed by atoms with Gasteiger partial charge in [0.15, 0.2) is 0 Å². The molecule has 1 atom stereocenters. The molecule has 0 amide bonds. The zero-order chi connectivity index (χ0) is 13.9. The number of hydrogen-bond donors (Lipinski definition) is 0. The normalized spacial score (nSPS) is 13.3. The van der Waals surface area contributed by atoms with Crippen LogP contribution in [0.25, 0.3) is 0 Å². The molecule has 0 aliphatic rings. The van der Waals surface area contributed by atoms with Crippen LogP contribution in [0.5, 0.6) is 0 Å². The van der Waals surface area contributed by atoms with Gasteiger partial charge in [0.25, 0.3) is 0 Å². The predicted molar refractivity (Wildman–Crippen MR) is 81.9 cm³/mol. The highest BCUT2D eigenvalue weighted by Gasteiger charge is 2.29. The minimum atomic E-state index is -0.335. The van der Waals surface area contributed by atoms with Crippen LogP contribution in [0.4, 0.5) is 0 Å². The van der Waals surface area contributed by atoms with Crippen molar-refractivity contribution in [2.45, 2.75) is 71.3 Å². The Morgan fingerprint density at radius 2 is 1.56 bits per heavy atom. The van der Waals surface area contributed by atoms with Gasteiger partial charge < -0.3 is 4.74 Å². The number of unbranched alkanes of at least 4 members (excludes halogenated alkanes) is 5. The third-order valence-electron chi connectivity index (χ3n) is 3.79. The van der Waals surface area contributed by atoms with Crippen molar-refractivity contribution in [3.05, 3.63) is 25.3 Å². The second-order valence-electron chi connectivity index (χ2n) is 5.15. The molecule has 0 N–H and O–H groups in total. The third-order valence-corrected chi connectivity index (χ3v) is 3.79. The van der Waals surface area contributed by atoms with E-state index in [9.17, 15) is 0 Å². The van der Waals surface area contributed by atoms with Gasteiger partial charge in [-0.05, 0) is 19.3 Å². The number of rotatable bonds is 12. The molecule has 0 bridgehead atoms. The molecule has 0 radical (unpaired) electrons. The average Bonchev–Trinajstić information content (AvgIpc) is 2.40. The summed E-state index contributed by atoms with van der Waals surface area (Å²) in [6.45, 7) is 15.1. The zero-order valence-electron chi connectivity index (χ0n) is 12.7. The molecule has 18 heavy (non-hydrogen) atoms. The summed E-state index contributed by atoms with van der Waals surface area (Å²) in [6, 6.07) is 0. The van der Waals surface area contributed by atoms with Crippen molar-refractivity contribution in [1.82, 2.24) is 0 Å². The maximum atomic E-state index is 5.85. The van der Waals surface area contributed by atoms with E-state index in [2.05, 4.69) is 27.0 Å². The molecule has 1 heteroatoms. The molecule has 0 aromatic heterocycles. The van der Waals surface area contributed by atoms with Crippen LogP contribution in [-0.4, -0.2) is 12.2 Å². The van der Waals surface area contributed by atoms with Crippen molar-refractivity contribution in [1.29, 1.82) is 0 Å². The first-order valence-electron chi connectivity index (χ1n) is 7.58. The van der Waals surface area contributed by atoms with Crippen LogP contribution in [0, 0.1) is 5.92 Å². The third kappa shape index (κ3) is 5.86. The average molecular weight is 252 g/mol. The molecule has 1 nitrogen and oxygen atoms in total. The first kappa shape index (κ1) is 17.4. The fourth-order valence-corrected chi connectivity index (χ4v) is 2.45. The van der Waals surface area contributed by atoms with Gasteiger partial charge in [-0.1, -0.05) is 77.7 Å². The first-order valence-corrected chi connectivity index (χ1v) is 7.58. The van der Waals surface area contributed by atoms with Gasteiger partial charge in [0, 0.05) is 6.61 Å². The Morgan fingerprint density at radius 3 is 2.06 bits per heavy atom. The lowest BCUT2D eigenvalue weighted by Crippen LogP contribution is -2.35. The number of hydrogen-bond acceptors (Lipinski definition) is 1. The van der Waals surface area contributed by atoms with Crippen LogP contribution in [0.15, 0.2) is 25.3 Å². The van der Waals surface area contributed by atoms with Crippen molar-refractivity contribution in [3.8, 4) is 0 Å². The van der Waals surface area contributed by atoms with Crippen LogP contribution >= 0.6 is 0 Å². The molecule has 0 aliphatic heterocycles. The van der Waals surface area contributed by atoms with E-state index < -0.39 is 0 Å². The fraction of sp³-hybridized carbons (Fsp3) is 0.765. The smallest absolute Gasteiger partial charge is 0.106 e. The highest BCUT2D eigenvalue weighted by atomic mass is 16.5. The Hall–Kier alpha value is -0.560. The molecule has 0 aromatic carbocycles. The molecular formula is C17H32O. The van der Waals surface area contributed by atoms with Gasteiger partial charge in [0.1, 0.15) is 5.60 Å². The largest absolute Gasteiger partial charge is 0.367 e. The molecule has 0 spiro atoms. The van der Waals surface area contributed by atoms with Gasteiger partial charge in [0.05, 0.1) is 0 Å². The molecule has 1 unspecified atom stereocenters. The lowest BCUT2D eigenvalue weighted by atomic mass is 9.84. The Balaban J connectivity index is 3.99. The minimum Gasteiger partial charge on any atom is -0.367 e. The van der Waals surface area contributed by atoms with E-state index in [1.165, 1.54) is 44.9 Å². The van der Waals surface area contributed by atoms with E-state index in [0.29, 0.717) is 12.5 Å². The van der Waals surface area contributed by atoms with Gasteiger partial charge in [-0.25, -0.2) is 0 Å². The van der Waals surface area contributed by atoms with Gasteiger partial charge in [-0.2, -0.15) is 0 Å². The quantitative estimate of drug-likeness (QED) is 0.328. The van der Waals surface area contributed by atoms with Crippen LogP contribution in [0.1, 0.15) is 65.7 Å². The second-order valence-corrected chi connectivity index (χ2v) is 5.15. The molecule has 0 heterocycles. The predicted octanol–water partition coefficient (Wildman–Crippen LogP) is 5.52. The Morgan fingerprint density at radius 1 is 1.00 bits per heavy atom. The molecule has 0 saturated carbocycles. The summed E-state index contributed by atoms with van der Waals surface area (Å²) >= 11 is 0. The maximum absolute atomic E-state index is 5.85. The summed E-state index contributed by atoms with van der Waals surface area (Å²) in [5.74, 6) is 0.457. The van der Waals surface area contributed by atoms with E-state index in [1.807, 2.05) is 19.1 Å². The molecular weight excluding hydrogens is 220 g/mol. The molecule has 0 aromatic rings. The summed E-state index contributed by atoms with van der Waals surface area (Å²) in [5, 5.41) is 0. The van der Waals surface area contributed by atoms with Crippen LogP contribution in [0.3, 0.4) is 0 Å². The SMILES string of the molecule is C=CC(C=C)(OCC)C(C)CCCCCCCC. The standard InChI is InChI=1S/C17H32O/c1-6-10-11-12-13-14-15-16(5)17(7-2,8-3)18-9-4/h7-8,16H,2-3,6,9-15H2,1,4-5H3. The molecule has 0 fully saturated rings. The van der Waals surface area contributed by atoms with Crippen LogP contribution < -0.4 is 0 Å². The topological polar surface area (TPSA) is 9.23 Å². The fourth-order valence-electron chi connectivity index (χ4n) is 2.45. The van der Waals surface area contributed by atoms with Crippen molar-refractivity contribution in [3.63, 3.8) is 0 Å². The zero-order valence-corrected chi connectivity index (χ0v) is 12.7. The monoisotopic (exact) mass is 252 g/mol. The van der Waals surface area contributed by atoms with Crippen molar-refractivity contribution in [2.24, 2.45) is 5.92 Å². The van der Waals surface area contributed by atoms with Gasteiger partial charge >= 0.3 is 0 Å². The molecule has 0 rings (SSSR count). The van der Waals surface area contributed by atoms with Crippen LogP contribution in [-0.2, 0) is 4.74 Å². The highest BCUT2D eigenvalue weighted by molar-refractivity contribution is 5.12. The second kappa shape index (κ2) is 10.4. The van der Waals surface area contributed by atoms with E-state index in [1.54, 1.807) is 0 Å². The summed E-state index contributed by atoms with van der Waals surface area (Å²) < 4.78 is 5.85. The lowest BCUT2D eigenvalue weighted by Gasteiger charge is -2.33. The Kier molecular flexibility index (Phi) is 10.0. The molecule has 0 aliphatic carbocycles. The minimum absolute atomic E-state index is 0.335. The summed E-state index contributed by atoms with van der Waals surface area (Å²) in [6.07, 6.45) is 13.0. The highest BCUT2D eigenvalue weighted by Crippen LogP contribution is 2.29. The summed E-state index contributed by atoms with van der Waals surface area (Å²) in [4.78, 5) is 0. The Bertz CT molecular complexity index is 212. The van der Waals surface area contributed by atoms with Gasteiger partial charge in [0.2, 0.25) is 0 Å². The molecule has 106 valence electrons. The lowest BCUT2D eigenvalue weighted by molar-refractivity contribution is -0.00532. The first-order chi connectivity index (χ1) is 8.66. The summed E-state index contributed by atoms with van der Waals surface area (Å²) in [5.41, 5.74) is -0.335. The maximum Gasteiger partial charge on any atom is 0.106 e.